The van der Waals surface area contributed by atoms with Gasteiger partial charge in [0.15, 0.2) is 23.3 Å². The number of hydrogen-bond donors (Lipinski definition) is 1. The number of halogens is 2. The number of rotatable bonds is 10. The first kappa shape index (κ1) is 43.8. The fraction of sp³-hybridized carbons (Fsp3) is 0.267. The average Bonchev–Trinajstić information content (AvgIpc) is 3.29. The van der Waals surface area contributed by atoms with Crippen LogP contribution in [0.4, 0.5) is 17.3 Å². The number of carbonyl (C=O) groups excluding carboxylic acids is 1. The predicted octanol–water partition coefficient (Wildman–Crippen LogP) is 7.75. The minimum Gasteiger partial charge on any atom is -0.392 e. The highest BCUT2D eigenvalue weighted by Crippen LogP contribution is 2.31. The largest absolute Gasteiger partial charge is 0.392 e. The summed E-state index contributed by atoms with van der Waals surface area (Å²) in [7, 11) is 0. The first-order valence-electron chi connectivity index (χ1n) is 19.6. The van der Waals surface area contributed by atoms with E-state index in [1.807, 2.05) is 48.5 Å². The van der Waals surface area contributed by atoms with Gasteiger partial charge in [0.05, 0.1) is 59.0 Å². The van der Waals surface area contributed by atoms with Gasteiger partial charge in [0.2, 0.25) is 0 Å². The molecule has 7 aromatic rings. The molecule has 0 radical (unpaired) electrons. The molecule has 2 aliphatic heterocycles. The predicted molar refractivity (Wildman–Crippen MR) is 240 cm³/mol. The lowest BCUT2D eigenvalue weighted by atomic mass is 10.0. The van der Waals surface area contributed by atoms with Gasteiger partial charge in [-0.25, -0.2) is 29.9 Å². The maximum atomic E-state index is 12.6. The van der Waals surface area contributed by atoms with E-state index in [9.17, 15) is 14.9 Å². The number of benzene rings is 3. The number of nitro benzene ring substituents is 1. The fourth-order valence-electron chi connectivity index (χ4n) is 6.99. The Labute approximate surface area is 367 Å². The highest BCUT2D eigenvalue weighted by atomic mass is 35.5. The van der Waals surface area contributed by atoms with Crippen molar-refractivity contribution in [3.05, 3.63) is 134 Å². The van der Waals surface area contributed by atoms with E-state index in [1.54, 1.807) is 36.7 Å². The summed E-state index contributed by atoms with van der Waals surface area (Å²) in [6.07, 6.45) is 3.89. The van der Waals surface area contributed by atoms with Crippen molar-refractivity contribution in [3.63, 3.8) is 0 Å². The highest BCUT2D eigenvalue weighted by molar-refractivity contribution is 6.31. The number of morpholine rings is 2. The zero-order valence-corrected chi connectivity index (χ0v) is 34.3. The topological polar surface area (TPSA) is 183 Å². The smallest absolute Gasteiger partial charge is 0.269 e. The number of aromatic nitrogens is 6. The third-order valence-corrected chi connectivity index (χ3v) is 10.6. The van der Waals surface area contributed by atoms with Gasteiger partial charge in [-0.05, 0) is 41.0 Å². The maximum Gasteiger partial charge on any atom is 0.269 e. The van der Waals surface area contributed by atoms with Crippen LogP contribution in [0.5, 0.6) is 0 Å². The molecule has 0 bridgehead atoms. The summed E-state index contributed by atoms with van der Waals surface area (Å²) in [6, 6.07) is 24.9. The molecule has 1 N–H and O–H groups in total. The highest BCUT2D eigenvalue weighted by Gasteiger charge is 2.21. The summed E-state index contributed by atoms with van der Waals surface area (Å²) in [4.78, 5) is 55.0. The summed E-state index contributed by atoms with van der Waals surface area (Å²) in [5.41, 5.74) is 6.98. The van der Waals surface area contributed by atoms with Crippen LogP contribution in [0.3, 0.4) is 0 Å². The van der Waals surface area contributed by atoms with Crippen LogP contribution >= 0.6 is 23.2 Å². The van der Waals surface area contributed by atoms with Gasteiger partial charge < -0.3 is 24.4 Å². The molecule has 0 saturated carbocycles. The molecule has 4 aromatic heterocycles. The number of aliphatic hydroxyl groups is 1. The van der Waals surface area contributed by atoms with E-state index >= 15 is 0 Å². The quantitative estimate of drug-likeness (QED) is 0.104. The van der Waals surface area contributed by atoms with E-state index in [0.29, 0.717) is 108 Å². The fourth-order valence-corrected chi connectivity index (χ4v) is 7.29. The van der Waals surface area contributed by atoms with Gasteiger partial charge in [0.1, 0.15) is 16.8 Å². The molecule has 0 unspecified atom stereocenters. The van der Waals surface area contributed by atoms with Crippen molar-refractivity contribution >= 4 is 68.4 Å². The summed E-state index contributed by atoms with van der Waals surface area (Å²) in [5.74, 6) is 2.68. The minimum absolute atomic E-state index is 0. The van der Waals surface area contributed by atoms with E-state index in [4.69, 9.17) is 47.8 Å². The molecule has 0 amide bonds. The van der Waals surface area contributed by atoms with E-state index in [2.05, 4.69) is 29.7 Å². The number of carbonyl (C=O) groups is 1. The number of anilines is 2. The number of aliphatic hydroxyl groups excluding tert-OH is 1. The molecule has 9 rings (SSSR count). The van der Waals surface area contributed by atoms with Crippen molar-refractivity contribution in [2.45, 2.75) is 26.9 Å². The lowest BCUT2D eigenvalue weighted by Crippen LogP contribution is -2.37. The number of Topliss-reactive ketones (excluding diaryl/α,β-unsaturated/α-hetero) is 1. The number of non-ortho nitro benzene ring substituents is 1. The molecule has 2 saturated heterocycles. The second kappa shape index (κ2) is 20.1. The van der Waals surface area contributed by atoms with Crippen molar-refractivity contribution in [1.82, 2.24) is 29.9 Å². The summed E-state index contributed by atoms with van der Waals surface area (Å²) >= 11 is 12.3. The molecule has 318 valence electrons. The Hall–Kier alpha value is -6.23. The van der Waals surface area contributed by atoms with Crippen LogP contribution in [0.2, 0.25) is 10.0 Å². The molecule has 0 atom stereocenters. The molecule has 0 aliphatic carbocycles. The molecule has 62 heavy (non-hydrogen) atoms. The Kier molecular flexibility index (Phi) is 14.2. The van der Waals surface area contributed by atoms with Crippen LogP contribution in [0, 0.1) is 10.1 Å². The van der Waals surface area contributed by atoms with Gasteiger partial charge in [-0.1, -0.05) is 79.2 Å². The third kappa shape index (κ3) is 10.4. The number of fused-ring (bicyclic) bond motifs is 2. The molecular formula is C45H43Cl2N9O6. The number of ether oxygens (including phenoxy) is 2. The van der Waals surface area contributed by atoms with E-state index in [1.165, 1.54) is 12.1 Å². The van der Waals surface area contributed by atoms with Crippen LogP contribution < -0.4 is 9.80 Å². The molecule has 2 aliphatic rings. The Morgan fingerprint density at radius 3 is 1.47 bits per heavy atom. The second-order valence-corrected chi connectivity index (χ2v) is 15.2. The lowest BCUT2D eigenvalue weighted by Gasteiger charge is -2.28. The van der Waals surface area contributed by atoms with Gasteiger partial charge in [0.25, 0.3) is 5.69 Å². The number of hydrogen-bond acceptors (Lipinski definition) is 14. The third-order valence-electron chi connectivity index (χ3n) is 10.1. The Morgan fingerprint density at radius 2 is 1.05 bits per heavy atom. The standard InChI is InChI=1S/C27H25ClN4O3.C17H14ClN5O3.CH4/c28-22-15-24-25(29-16-22)27(32-9-11-35-12-10-32)31-26(30-24)21-7-5-19(6-8-21)14-23(34)13-18-1-3-20(17-33)4-2-18;18-12-9-14-15(19-10-12)17(22-5-7-26-8-6-22)21-16(20-14)11-1-3-13(4-2-11)23(24)25;/h1-8,15-16,33H,9-14,17H2;1-4,9-10H,5-8H2;1H4. The normalized spacial score (nSPS) is 13.9. The van der Waals surface area contributed by atoms with Crippen LogP contribution in [-0.2, 0) is 33.7 Å². The number of nitrogens with zero attached hydrogens (tertiary/aromatic N) is 9. The summed E-state index contributed by atoms with van der Waals surface area (Å²) < 4.78 is 10.9. The van der Waals surface area contributed by atoms with Gasteiger partial charge in [-0.15, -0.1) is 0 Å². The molecule has 2 fully saturated rings. The van der Waals surface area contributed by atoms with Crippen molar-refractivity contribution in [1.29, 1.82) is 0 Å². The molecular weight excluding hydrogens is 833 g/mol. The molecule has 3 aromatic carbocycles. The summed E-state index contributed by atoms with van der Waals surface area (Å²) in [5, 5.41) is 21.0. The van der Waals surface area contributed by atoms with E-state index in [0.717, 1.165) is 41.2 Å². The first-order valence-corrected chi connectivity index (χ1v) is 20.3. The van der Waals surface area contributed by atoms with Gasteiger partial charge in [0, 0.05) is 74.7 Å². The number of ketones is 1. The van der Waals surface area contributed by atoms with Crippen molar-refractivity contribution < 1.29 is 24.3 Å². The molecule has 0 spiro atoms. The van der Waals surface area contributed by atoms with Gasteiger partial charge in [-0.2, -0.15) is 0 Å². The Bertz CT molecular complexity index is 2680. The average molecular weight is 877 g/mol. The Balaban J connectivity index is 0.000000191. The van der Waals surface area contributed by atoms with Crippen LogP contribution in [-0.4, -0.2) is 98.3 Å². The van der Waals surface area contributed by atoms with Crippen LogP contribution in [0.15, 0.2) is 97.3 Å². The van der Waals surface area contributed by atoms with Crippen molar-refractivity contribution in [2.75, 3.05) is 62.4 Å². The molecule has 15 nitrogen and oxygen atoms in total. The minimum atomic E-state index is -0.437. The maximum absolute atomic E-state index is 12.6. The zero-order valence-electron chi connectivity index (χ0n) is 32.8. The lowest BCUT2D eigenvalue weighted by molar-refractivity contribution is -0.384. The number of nitro groups is 1. The number of pyridine rings is 2. The van der Waals surface area contributed by atoms with Crippen LogP contribution in [0.25, 0.3) is 44.8 Å². The SMILES string of the molecule is C.O=C(Cc1ccc(CO)cc1)Cc1ccc(-c2nc(N3CCOCC3)c3ncc(Cl)cc3n2)cc1.O=[N+]([O-])c1ccc(-c2nc(N3CCOCC3)c3ncc(Cl)cc3n2)cc1. The molecule has 17 heteroatoms. The molecule has 6 heterocycles. The first-order chi connectivity index (χ1) is 29.7. The summed E-state index contributed by atoms with van der Waals surface area (Å²) in [6.45, 7) is 5.40. The van der Waals surface area contributed by atoms with Gasteiger partial charge >= 0.3 is 0 Å². The Morgan fingerprint density at radius 1 is 0.645 bits per heavy atom. The van der Waals surface area contributed by atoms with E-state index < -0.39 is 4.92 Å². The van der Waals surface area contributed by atoms with Gasteiger partial charge in [-0.3, -0.25) is 14.9 Å². The van der Waals surface area contributed by atoms with Crippen LogP contribution in [0.1, 0.15) is 24.1 Å². The second-order valence-electron chi connectivity index (χ2n) is 14.4. The monoisotopic (exact) mass is 875 g/mol. The van der Waals surface area contributed by atoms with E-state index in [-0.39, 0.29) is 25.5 Å². The van der Waals surface area contributed by atoms with Crippen molar-refractivity contribution in [2.24, 2.45) is 0 Å². The zero-order chi connectivity index (χ0) is 42.3. The van der Waals surface area contributed by atoms with Crippen molar-refractivity contribution in [3.8, 4) is 22.8 Å².